The summed E-state index contributed by atoms with van der Waals surface area (Å²) in [5.74, 6) is -0.0302. The molecule has 2 aromatic carbocycles. The van der Waals surface area contributed by atoms with Crippen molar-refractivity contribution >= 4 is 59.5 Å². The van der Waals surface area contributed by atoms with Crippen LogP contribution >= 0.6 is 31.9 Å². The second kappa shape index (κ2) is 9.71. The van der Waals surface area contributed by atoms with Gasteiger partial charge in [-0.3, -0.25) is 15.2 Å². The Bertz CT molecular complexity index is 1170. The summed E-state index contributed by atoms with van der Waals surface area (Å²) in [7, 11) is -3.58. The largest absolute Gasteiger partial charge is 0.443 e. The highest BCUT2D eigenvalue weighted by Crippen LogP contribution is 2.28. The minimum Gasteiger partial charge on any atom is -0.443 e. The van der Waals surface area contributed by atoms with Gasteiger partial charge in [-0.2, -0.15) is 4.31 Å². The van der Waals surface area contributed by atoms with E-state index in [0.717, 1.165) is 4.47 Å². The van der Waals surface area contributed by atoms with Crippen LogP contribution in [0.25, 0.3) is 0 Å². The average molecular weight is 601 g/mol. The highest BCUT2D eigenvalue weighted by Gasteiger charge is 2.35. The maximum Gasteiger partial charge on any atom is 0.414 e. The fourth-order valence-electron chi connectivity index (χ4n) is 3.88. The Balaban J connectivity index is 1.33. The number of nitrogens with two attached hydrogens (primary N) is 1. The van der Waals surface area contributed by atoms with E-state index in [-0.39, 0.29) is 16.8 Å². The minimum absolute atomic E-state index is 0.0302. The minimum atomic E-state index is -3.58. The molecule has 0 saturated carbocycles. The van der Waals surface area contributed by atoms with Gasteiger partial charge in [0.25, 0.3) is 0 Å². The summed E-state index contributed by atoms with van der Waals surface area (Å²) in [5.41, 5.74) is 6.75. The third-order valence-electron chi connectivity index (χ3n) is 5.69. The fraction of sp³-hybridized carbons (Fsp3) is 0.333. The number of anilines is 1. The predicted molar refractivity (Wildman–Crippen MR) is 132 cm³/mol. The molecule has 1 atom stereocenters. The molecule has 2 saturated heterocycles. The maximum absolute atomic E-state index is 13.0. The van der Waals surface area contributed by atoms with Gasteiger partial charge in [-0.05, 0) is 74.3 Å². The first-order valence-electron chi connectivity index (χ1n) is 10.3. The molecule has 12 heteroatoms. The summed E-state index contributed by atoms with van der Waals surface area (Å²) in [6, 6.07) is 11.8. The third kappa shape index (κ3) is 5.24. The summed E-state index contributed by atoms with van der Waals surface area (Å²) in [5, 5.41) is 7.47. The Morgan fingerprint density at radius 1 is 1.06 bits per heavy atom. The van der Waals surface area contributed by atoms with Crippen LogP contribution in [0.5, 0.6) is 0 Å². The van der Waals surface area contributed by atoms with E-state index in [9.17, 15) is 13.2 Å². The molecule has 0 aliphatic carbocycles. The van der Waals surface area contributed by atoms with Crippen molar-refractivity contribution < 1.29 is 17.9 Å². The summed E-state index contributed by atoms with van der Waals surface area (Å²) < 4.78 is 34.5. The van der Waals surface area contributed by atoms with Gasteiger partial charge in [0.2, 0.25) is 10.0 Å². The van der Waals surface area contributed by atoms with Gasteiger partial charge in [0.05, 0.1) is 11.4 Å². The Kier molecular flexibility index (Phi) is 7.10. The molecule has 1 amide bonds. The van der Waals surface area contributed by atoms with Gasteiger partial charge < -0.3 is 10.5 Å². The number of halogens is 2. The predicted octanol–water partition coefficient (Wildman–Crippen LogP) is 2.83. The van der Waals surface area contributed by atoms with Gasteiger partial charge in [-0.1, -0.05) is 0 Å². The van der Waals surface area contributed by atoms with Crippen molar-refractivity contribution in [1.29, 1.82) is 5.41 Å². The number of benzene rings is 2. The van der Waals surface area contributed by atoms with E-state index in [1.807, 2.05) is 0 Å². The smallest absolute Gasteiger partial charge is 0.414 e. The zero-order valence-corrected chi connectivity index (χ0v) is 21.6. The SMILES string of the molecule is N=C(N)c1ccc(N2CC(CN3CCN(S(=O)(=O)c4ccc(Br)c(Br)c4)CC3)OC2=O)cc1. The average Bonchev–Trinajstić information content (AvgIpc) is 3.15. The molecule has 0 aromatic heterocycles. The number of nitrogens with zero attached hydrogens (tertiary/aromatic N) is 3. The van der Waals surface area contributed by atoms with E-state index in [0.29, 0.717) is 55.0 Å². The number of nitrogens with one attached hydrogen (secondary N) is 1. The Labute approximate surface area is 209 Å². The molecule has 2 fully saturated rings. The molecule has 1 unspecified atom stereocenters. The van der Waals surface area contributed by atoms with E-state index in [1.165, 1.54) is 4.31 Å². The number of piperazine rings is 1. The standard InChI is InChI=1S/C21H23Br2N5O4S/c22-18-6-5-17(11-19(18)23)33(30,31)27-9-7-26(8-10-27)12-16-13-28(21(29)32-16)15-3-1-14(2-4-15)20(24)25/h1-6,11,16H,7-10,12-13H2,(H3,24,25). The zero-order valence-electron chi connectivity index (χ0n) is 17.6. The van der Waals surface area contributed by atoms with Crippen molar-refractivity contribution in [2.45, 2.75) is 11.0 Å². The van der Waals surface area contributed by atoms with Crippen LogP contribution in [0.4, 0.5) is 10.5 Å². The van der Waals surface area contributed by atoms with Crippen LogP contribution in [0.2, 0.25) is 0 Å². The molecule has 176 valence electrons. The number of amidine groups is 1. The second-order valence-corrected chi connectivity index (χ2v) is 11.5. The van der Waals surface area contributed by atoms with Gasteiger partial charge in [0, 0.05) is 52.9 Å². The Morgan fingerprint density at radius 3 is 2.33 bits per heavy atom. The lowest BCUT2D eigenvalue weighted by Crippen LogP contribution is -2.50. The maximum atomic E-state index is 13.0. The summed E-state index contributed by atoms with van der Waals surface area (Å²) >= 11 is 6.72. The lowest BCUT2D eigenvalue weighted by Gasteiger charge is -2.34. The molecular weight excluding hydrogens is 578 g/mol. The van der Waals surface area contributed by atoms with Crippen molar-refractivity contribution in [3.05, 3.63) is 57.0 Å². The van der Waals surface area contributed by atoms with Crippen LogP contribution in [-0.4, -0.2) is 74.9 Å². The van der Waals surface area contributed by atoms with Gasteiger partial charge in [-0.15, -0.1) is 0 Å². The van der Waals surface area contributed by atoms with E-state index >= 15 is 0 Å². The summed E-state index contributed by atoms with van der Waals surface area (Å²) in [6.07, 6.45) is -0.729. The monoisotopic (exact) mass is 599 g/mol. The molecule has 9 nitrogen and oxygen atoms in total. The van der Waals surface area contributed by atoms with Crippen LogP contribution in [-0.2, 0) is 14.8 Å². The molecule has 0 spiro atoms. The molecule has 2 aliphatic heterocycles. The number of nitrogen functional groups attached to an aromatic ring is 1. The second-order valence-electron chi connectivity index (χ2n) is 7.86. The number of rotatable bonds is 6. The lowest BCUT2D eigenvalue weighted by atomic mass is 10.2. The molecule has 2 heterocycles. The van der Waals surface area contributed by atoms with Crippen LogP contribution in [0.15, 0.2) is 56.3 Å². The first-order chi connectivity index (χ1) is 15.6. The number of sulfonamides is 1. The number of carbonyl (C=O) groups is 1. The van der Waals surface area contributed by atoms with E-state index in [2.05, 4.69) is 36.8 Å². The van der Waals surface area contributed by atoms with Crippen molar-refractivity contribution in [2.24, 2.45) is 5.73 Å². The molecule has 0 bridgehead atoms. The van der Waals surface area contributed by atoms with Crippen LogP contribution < -0.4 is 10.6 Å². The topological polar surface area (TPSA) is 120 Å². The summed E-state index contributed by atoms with van der Waals surface area (Å²) in [4.78, 5) is 16.3. The van der Waals surface area contributed by atoms with Crippen LogP contribution in [0.3, 0.4) is 0 Å². The van der Waals surface area contributed by atoms with Crippen LogP contribution in [0, 0.1) is 5.41 Å². The van der Waals surface area contributed by atoms with Crippen molar-refractivity contribution in [3.63, 3.8) is 0 Å². The molecule has 33 heavy (non-hydrogen) atoms. The van der Waals surface area contributed by atoms with E-state index < -0.39 is 16.1 Å². The molecule has 4 rings (SSSR count). The van der Waals surface area contributed by atoms with E-state index in [4.69, 9.17) is 15.9 Å². The van der Waals surface area contributed by atoms with Crippen LogP contribution in [0.1, 0.15) is 5.56 Å². The van der Waals surface area contributed by atoms with Crippen molar-refractivity contribution in [3.8, 4) is 0 Å². The number of amides is 1. The first kappa shape index (κ1) is 24.1. The van der Waals surface area contributed by atoms with Gasteiger partial charge >= 0.3 is 6.09 Å². The van der Waals surface area contributed by atoms with Gasteiger partial charge in [0.1, 0.15) is 11.9 Å². The number of cyclic esters (lactones) is 1. The molecular formula is C21H23Br2N5O4S. The third-order valence-corrected chi connectivity index (χ3v) is 9.46. The zero-order chi connectivity index (χ0) is 23.8. The van der Waals surface area contributed by atoms with Crippen molar-refractivity contribution in [2.75, 3.05) is 44.2 Å². The van der Waals surface area contributed by atoms with Crippen molar-refractivity contribution in [1.82, 2.24) is 9.21 Å². The number of carbonyl (C=O) groups excluding carboxylic acids is 1. The fourth-order valence-corrected chi connectivity index (χ4v) is 6.10. The Morgan fingerprint density at radius 2 is 1.73 bits per heavy atom. The number of hydrogen-bond donors (Lipinski definition) is 2. The Hall–Kier alpha value is -1.99. The number of ether oxygens (including phenoxy) is 1. The van der Waals surface area contributed by atoms with Gasteiger partial charge in [0.15, 0.2) is 0 Å². The normalized spacial score (nSPS) is 20.1. The lowest BCUT2D eigenvalue weighted by molar-refractivity contribution is 0.0937. The highest BCUT2D eigenvalue weighted by atomic mass is 79.9. The molecule has 3 N–H and O–H groups in total. The molecule has 2 aliphatic rings. The summed E-state index contributed by atoms with van der Waals surface area (Å²) in [6.45, 7) is 2.78. The highest BCUT2D eigenvalue weighted by molar-refractivity contribution is 9.13. The number of hydrogen-bond acceptors (Lipinski definition) is 6. The molecule has 2 aromatic rings. The van der Waals surface area contributed by atoms with E-state index in [1.54, 1.807) is 47.4 Å². The molecule has 0 radical (unpaired) electrons. The van der Waals surface area contributed by atoms with Gasteiger partial charge in [-0.25, -0.2) is 13.2 Å². The first-order valence-corrected chi connectivity index (χ1v) is 13.3. The quantitative estimate of drug-likeness (QED) is 0.389.